The van der Waals surface area contributed by atoms with Gasteiger partial charge < -0.3 is 9.88 Å². The molecule has 1 heterocycles. The third kappa shape index (κ3) is 1.90. The molecule has 2 saturated carbocycles. The fourth-order valence-corrected chi connectivity index (χ4v) is 3.95. The second kappa shape index (κ2) is 4.62. The topological polar surface area (TPSA) is 42.7 Å². The van der Waals surface area contributed by atoms with E-state index < -0.39 is 0 Å². The van der Waals surface area contributed by atoms with Crippen LogP contribution in [0.2, 0.25) is 0 Å². The highest BCUT2D eigenvalue weighted by Gasteiger charge is 2.39. The fourth-order valence-electron chi connectivity index (χ4n) is 3.95. The van der Waals surface area contributed by atoms with Gasteiger partial charge in [-0.3, -0.25) is 0 Å². The Kier molecular flexibility index (Phi) is 2.76. The van der Waals surface area contributed by atoms with E-state index in [2.05, 4.69) is 39.8 Å². The molecule has 20 heavy (non-hydrogen) atoms. The number of hydrogen-bond acceptors (Lipinski definition) is 3. The summed E-state index contributed by atoms with van der Waals surface area (Å²) >= 11 is 0. The average molecular weight is 268 g/mol. The van der Waals surface area contributed by atoms with Gasteiger partial charge in [-0.15, -0.1) is 10.2 Å². The third-order valence-electron chi connectivity index (χ3n) is 4.96. The van der Waals surface area contributed by atoms with E-state index in [1.807, 2.05) is 11.6 Å². The smallest absolute Gasteiger partial charge is 0.165 e. The van der Waals surface area contributed by atoms with Crippen molar-refractivity contribution >= 4 is 5.69 Å². The molecule has 3 atom stereocenters. The van der Waals surface area contributed by atoms with E-state index in [4.69, 9.17) is 0 Å². The summed E-state index contributed by atoms with van der Waals surface area (Å²) in [5.74, 6) is 2.75. The largest absolute Gasteiger partial charge is 0.381 e. The lowest BCUT2D eigenvalue weighted by Crippen LogP contribution is -2.26. The highest BCUT2D eigenvalue weighted by atomic mass is 15.2. The first-order valence-electron chi connectivity index (χ1n) is 7.51. The maximum Gasteiger partial charge on any atom is 0.165 e. The van der Waals surface area contributed by atoms with Crippen molar-refractivity contribution in [2.24, 2.45) is 18.9 Å². The zero-order valence-electron chi connectivity index (χ0n) is 11.8. The Labute approximate surface area is 119 Å². The quantitative estimate of drug-likeness (QED) is 0.930. The van der Waals surface area contributed by atoms with Gasteiger partial charge in [0.2, 0.25) is 0 Å². The number of anilines is 1. The summed E-state index contributed by atoms with van der Waals surface area (Å²) in [6.45, 7) is 0. The summed E-state index contributed by atoms with van der Waals surface area (Å²) in [5.41, 5.74) is 2.34. The standard InChI is InChI=1S/C16H20N4/c1-20-10-17-19-16(20)13-4-2-3-5-14(13)18-15-9-11-6-7-12(15)8-11/h2-5,10-12,15,18H,6-9H2,1H3. The molecule has 1 aromatic carbocycles. The van der Waals surface area contributed by atoms with Crippen LogP contribution in [-0.2, 0) is 7.05 Å². The summed E-state index contributed by atoms with van der Waals surface area (Å²) in [6, 6.07) is 9.09. The van der Waals surface area contributed by atoms with Crippen molar-refractivity contribution in [2.45, 2.75) is 31.7 Å². The van der Waals surface area contributed by atoms with Crippen molar-refractivity contribution in [2.75, 3.05) is 5.32 Å². The van der Waals surface area contributed by atoms with Crippen LogP contribution in [0.15, 0.2) is 30.6 Å². The number of hydrogen-bond donors (Lipinski definition) is 1. The van der Waals surface area contributed by atoms with Crippen LogP contribution >= 0.6 is 0 Å². The predicted octanol–water partition coefficient (Wildman–Crippen LogP) is 3.08. The fraction of sp³-hybridized carbons (Fsp3) is 0.500. The average Bonchev–Trinajstić information content (AvgIpc) is 3.16. The van der Waals surface area contributed by atoms with E-state index in [1.165, 1.54) is 31.4 Å². The van der Waals surface area contributed by atoms with Crippen LogP contribution in [0, 0.1) is 11.8 Å². The lowest BCUT2D eigenvalue weighted by molar-refractivity contribution is 0.440. The van der Waals surface area contributed by atoms with Gasteiger partial charge in [0.1, 0.15) is 6.33 Å². The van der Waals surface area contributed by atoms with E-state index in [0.29, 0.717) is 6.04 Å². The van der Waals surface area contributed by atoms with E-state index in [0.717, 1.165) is 23.2 Å². The Morgan fingerprint density at radius 2 is 2.10 bits per heavy atom. The summed E-state index contributed by atoms with van der Waals surface area (Å²) in [7, 11) is 1.99. The van der Waals surface area contributed by atoms with Gasteiger partial charge in [-0.05, 0) is 43.2 Å². The monoisotopic (exact) mass is 268 g/mol. The molecule has 0 spiro atoms. The first kappa shape index (κ1) is 11.9. The van der Waals surface area contributed by atoms with Crippen molar-refractivity contribution in [1.29, 1.82) is 0 Å². The van der Waals surface area contributed by atoms with Crippen molar-refractivity contribution < 1.29 is 0 Å². The summed E-state index contributed by atoms with van der Waals surface area (Å²) in [4.78, 5) is 0. The number of fused-ring (bicyclic) bond motifs is 2. The lowest BCUT2D eigenvalue weighted by Gasteiger charge is -2.25. The molecule has 0 radical (unpaired) electrons. The SMILES string of the molecule is Cn1cnnc1-c1ccccc1NC1CC2CCC1C2. The van der Waals surface area contributed by atoms with Crippen LogP contribution in [0.3, 0.4) is 0 Å². The Morgan fingerprint density at radius 3 is 2.80 bits per heavy atom. The predicted molar refractivity (Wildman–Crippen MR) is 79.3 cm³/mol. The minimum Gasteiger partial charge on any atom is -0.381 e. The van der Waals surface area contributed by atoms with Gasteiger partial charge in [0.15, 0.2) is 5.82 Å². The van der Waals surface area contributed by atoms with E-state index in [9.17, 15) is 0 Å². The molecule has 2 aliphatic carbocycles. The Hall–Kier alpha value is -1.84. The van der Waals surface area contributed by atoms with Gasteiger partial charge in [0.05, 0.1) is 0 Å². The molecule has 4 nitrogen and oxygen atoms in total. The number of aromatic nitrogens is 3. The molecule has 0 saturated heterocycles. The molecule has 4 rings (SSSR count). The maximum absolute atomic E-state index is 4.24. The van der Waals surface area contributed by atoms with Gasteiger partial charge in [-0.1, -0.05) is 18.6 Å². The number of rotatable bonds is 3. The molecule has 2 bridgehead atoms. The maximum atomic E-state index is 4.24. The molecule has 2 aromatic rings. The molecular formula is C16H20N4. The number of para-hydroxylation sites is 1. The molecule has 1 N–H and O–H groups in total. The molecule has 1 aromatic heterocycles. The first-order chi connectivity index (χ1) is 9.81. The van der Waals surface area contributed by atoms with Crippen molar-refractivity contribution in [3.8, 4) is 11.4 Å². The molecule has 2 aliphatic rings. The molecule has 3 unspecified atom stereocenters. The summed E-state index contributed by atoms with van der Waals surface area (Å²) in [5, 5.41) is 12.0. The van der Waals surface area contributed by atoms with Crippen LogP contribution < -0.4 is 5.32 Å². The minimum absolute atomic E-state index is 0.642. The van der Waals surface area contributed by atoms with Crippen molar-refractivity contribution in [1.82, 2.24) is 14.8 Å². The Balaban J connectivity index is 1.64. The van der Waals surface area contributed by atoms with Crippen LogP contribution in [0.5, 0.6) is 0 Å². The van der Waals surface area contributed by atoms with Gasteiger partial charge in [0, 0.05) is 24.3 Å². The highest BCUT2D eigenvalue weighted by Crippen LogP contribution is 2.46. The highest BCUT2D eigenvalue weighted by molar-refractivity contribution is 5.73. The zero-order chi connectivity index (χ0) is 13.5. The van der Waals surface area contributed by atoms with E-state index >= 15 is 0 Å². The lowest BCUT2D eigenvalue weighted by atomic mass is 9.95. The first-order valence-corrected chi connectivity index (χ1v) is 7.51. The normalized spacial score (nSPS) is 27.9. The van der Waals surface area contributed by atoms with Gasteiger partial charge in [-0.25, -0.2) is 0 Å². The number of nitrogens with zero attached hydrogens (tertiary/aromatic N) is 3. The van der Waals surface area contributed by atoms with Crippen LogP contribution in [0.4, 0.5) is 5.69 Å². The zero-order valence-corrected chi connectivity index (χ0v) is 11.8. The summed E-state index contributed by atoms with van der Waals surface area (Å²) in [6.07, 6.45) is 7.34. The number of benzene rings is 1. The summed E-state index contributed by atoms with van der Waals surface area (Å²) < 4.78 is 1.97. The third-order valence-corrected chi connectivity index (χ3v) is 4.96. The van der Waals surface area contributed by atoms with Crippen LogP contribution in [0.1, 0.15) is 25.7 Å². The minimum atomic E-state index is 0.642. The van der Waals surface area contributed by atoms with E-state index in [1.54, 1.807) is 6.33 Å². The molecule has 0 aliphatic heterocycles. The van der Waals surface area contributed by atoms with Gasteiger partial charge in [-0.2, -0.15) is 0 Å². The second-order valence-corrected chi connectivity index (χ2v) is 6.24. The number of aryl methyl sites for hydroxylation is 1. The van der Waals surface area contributed by atoms with Gasteiger partial charge >= 0.3 is 0 Å². The Bertz CT molecular complexity index is 618. The van der Waals surface area contributed by atoms with Crippen molar-refractivity contribution in [3.05, 3.63) is 30.6 Å². The molecular weight excluding hydrogens is 248 g/mol. The van der Waals surface area contributed by atoms with Crippen LogP contribution in [-0.4, -0.2) is 20.8 Å². The molecule has 2 fully saturated rings. The number of nitrogens with one attached hydrogen (secondary N) is 1. The van der Waals surface area contributed by atoms with Gasteiger partial charge in [0.25, 0.3) is 0 Å². The van der Waals surface area contributed by atoms with E-state index in [-0.39, 0.29) is 0 Å². The molecule has 104 valence electrons. The second-order valence-electron chi connectivity index (χ2n) is 6.24. The molecule has 0 amide bonds. The van der Waals surface area contributed by atoms with Crippen molar-refractivity contribution in [3.63, 3.8) is 0 Å². The van der Waals surface area contributed by atoms with Crippen LogP contribution in [0.25, 0.3) is 11.4 Å². The molecule has 4 heteroatoms. The Morgan fingerprint density at radius 1 is 1.20 bits per heavy atom.